The quantitative estimate of drug-likeness (QED) is 0.257. The normalized spacial score (nSPS) is 14.3. The first-order valence-corrected chi connectivity index (χ1v) is 7.76. The van der Waals surface area contributed by atoms with Gasteiger partial charge in [-0.25, -0.2) is 5.84 Å². The van der Waals surface area contributed by atoms with Gasteiger partial charge in [0.05, 0.1) is 0 Å². The molecule has 0 unspecified atom stereocenters. The number of hydrazine groups is 1. The predicted octanol–water partition coefficient (Wildman–Crippen LogP) is 3.59. The van der Waals surface area contributed by atoms with Crippen LogP contribution in [0.2, 0.25) is 0 Å². The van der Waals surface area contributed by atoms with Crippen molar-refractivity contribution in [2.75, 3.05) is 0 Å². The van der Waals surface area contributed by atoms with Crippen molar-refractivity contribution in [1.82, 2.24) is 5.43 Å². The molecule has 148 valence electrons. The van der Waals surface area contributed by atoms with Crippen molar-refractivity contribution in [3.05, 3.63) is 29.8 Å². The molecule has 0 saturated heterocycles. The van der Waals surface area contributed by atoms with Gasteiger partial charge in [-0.1, -0.05) is 12.1 Å². The van der Waals surface area contributed by atoms with Gasteiger partial charge < -0.3 is 4.57 Å². The molecule has 0 bridgehead atoms. The molecule has 26 heavy (non-hydrogen) atoms. The summed E-state index contributed by atoms with van der Waals surface area (Å²) in [6, 6.07) is 0.376. The Labute approximate surface area is 137 Å². The van der Waals surface area contributed by atoms with E-state index in [1.165, 1.54) is 5.43 Å². The molecule has 3 N–H and O–H groups in total. The maximum atomic E-state index is 13.5. The molecule has 15 heteroatoms. The van der Waals surface area contributed by atoms with E-state index in [2.05, 4.69) is 5.84 Å². The van der Waals surface area contributed by atoms with Gasteiger partial charge >= 0.3 is 23.7 Å². The summed E-state index contributed by atoms with van der Waals surface area (Å²) in [5, 5.41) is -2.13. The molecular formula is C11H7F10N2O2P. The standard InChI is InChI=1S/C11H7F10N2O2P/c12-8(13,14)10(18,19)26(25,11(20,21)9(15,16)17)6-3-1-5(2-4-6)7(24)23-22/h1-4H,22H2,(H,23,24). The van der Waals surface area contributed by atoms with E-state index in [1.54, 1.807) is 0 Å². The maximum absolute atomic E-state index is 13.5. The van der Waals surface area contributed by atoms with Crippen LogP contribution in [0.3, 0.4) is 0 Å². The first-order chi connectivity index (χ1) is 11.4. The van der Waals surface area contributed by atoms with Gasteiger partial charge in [-0.15, -0.1) is 0 Å². The SMILES string of the molecule is NNC(=O)c1ccc(P(=O)(C(F)(F)C(F)(F)F)C(F)(F)C(F)(F)F)cc1. The largest absolute Gasteiger partial charge is 0.461 e. The Kier molecular flexibility index (Phi) is 5.48. The van der Waals surface area contributed by atoms with Gasteiger partial charge in [0.15, 0.2) is 0 Å². The number of rotatable bonds is 4. The maximum Gasteiger partial charge on any atom is 0.461 e. The van der Waals surface area contributed by atoms with Gasteiger partial charge in [0.2, 0.25) is 0 Å². The molecule has 1 aromatic rings. The second-order valence-corrected chi connectivity index (χ2v) is 7.57. The van der Waals surface area contributed by atoms with Gasteiger partial charge in [-0.05, 0) is 12.1 Å². The van der Waals surface area contributed by atoms with Crippen molar-refractivity contribution < 1.29 is 53.3 Å². The van der Waals surface area contributed by atoms with E-state index in [4.69, 9.17) is 0 Å². The monoisotopic (exact) mass is 420 g/mol. The van der Waals surface area contributed by atoms with E-state index >= 15 is 0 Å². The molecule has 0 aliphatic carbocycles. The van der Waals surface area contributed by atoms with E-state index in [0.29, 0.717) is 12.1 Å². The van der Waals surface area contributed by atoms with Crippen LogP contribution in [-0.4, -0.2) is 29.6 Å². The van der Waals surface area contributed by atoms with Crippen molar-refractivity contribution in [3.8, 4) is 0 Å². The van der Waals surface area contributed by atoms with Crippen LogP contribution in [0.4, 0.5) is 43.9 Å². The highest BCUT2D eigenvalue weighted by Gasteiger charge is 2.83. The number of nitrogens with two attached hydrogens (primary N) is 1. The minimum Gasteiger partial charge on any atom is -0.305 e. The minimum atomic E-state index is -7.86. The molecule has 0 heterocycles. The lowest BCUT2D eigenvalue weighted by atomic mass is 10.2. The highest BCUT2D eigenvalue weighted by molar-refractivity contribution is 7.74. The van der Waals surface area contributed by atoms with Gasteiger partial charge in [0.25, 0.3) is 13.0 Å². The number of amides is 1. The average molecular weight is 420 g/mol. The van der Waals surface area contributed by atoms with Gasteiger partial charge in [-0.3, -0.25) is 10.2 Å². The first kappa shape index (κ1) is 22.2. The summed E-state index contributed by atoms with van der Waals surface area (Å²) in [5.74, 6) is 3.52. The zero-order valence-corrected chi connectivity index (χ0v) is 12.8. The molecule has 0 aromatic heterocycles. The highest BCUT2D eigenvalue weighted by atomic mass is 31.2. The molecule has 0 atom stereocenters. The lowest BCUT2D eigenvalue weighted by Gasteiger charge is -2.35. The highest BCUT2D eigenvalue weighted by Crippen LogP contribution is 2.76. The number of benzene rings is 1. The van der Waals surface area contributed by atoms with Crippen LogP contribution in [0.5, 0.6) is 0 Å². The van der Waals surface area contributed by atoms with Crippen LogP contribution >= 0.6 is 7.14 Å². The molecule has 0 aliphatic rings. The number of nitrogen functional groups attached to an aromatic ring is 1. The lowest BCUT2D eigenvalue weighted by Crippen LogP contribution is -2.50. The number of halogens is 10. The molecule has 1 aromatic carbocycles. The van der Waals surface area contributed by atoms with E-state index in [-0.39, 0.29) is 12.1 Å². The Morgan fingerprint density at radius 1 is 0.808 bits per heavy atom. The summed E-state index contributed by atoms with van der Waals surface area (Å²) in [4.78, 5) is 11.1. The number of hydrogen-bond acceptors (Lipinski definition) is 3. The fourth-order valence-electron chi connectivity index (χ4n) is 1.76. The topological polar surface area (TPSA) is 72.2 Å². The molecule has 1 rings (SSSR count). The lowest BCUT2D eigenvalue weighted by molar-refractivity contribution is -0.265. The average Bonchev–Trinajstić information content (AvgIpc) is 2.50. The van der Waals surface area contributed by atoms with E-state index in [9.17, 15) is 53.3 Å². The predicted molar refractivity (Wildman–Crippen MR) is 67.3 cm³/mol. The fraction of sp³-hybridized carbons (Fsp3) is 0.364. The number of nitrogens with one attached hydrogen (secondary N) is 1. The van der Waals surface area contributed by atoms with Crippen LogP contribution < -0.4 is 16.6 Å². The van der Waals surface area contributed by atoms with E-state index in [0.717, 1.165) is 0 Å². The van der Waals surface area contributed by atoms with E-state index in [1.807, 2.05) is 0 Å². The summed E-state index contributed by atoms with van der Waals surface area (Å²) in [7, 11) is -7.86. The van der Waals surface area contributed by atoms with E-state index < -0.39 is 47.6 Å². The summed E-state index contributed by atoms with van der Waals surface area (Å²) in [5.41, 5.74) is -12.9. The van der Waals surface area contributed by atoms with Crippen molar-refractivity contribution >= 4 is 18.4 Å². The van der Waals surface area contributed by atoms with Crippen LogP contribution in [0, 0.1) is 0 Å². The first-order valence-electron chi connectivity index (χ1n) is 6.06. The second-order valence-electron chi connectivity index (χ2n) is 4.71. The Balaban J connectivity index is 3.79. The third kappa shape index (κ3) is 3.15. The number of hydrogen-bond donors (Lipinski definition) is 2. The Bertz CT molecular complexity index is 696. The molecule has 0 saturated carbocycles. The number of carbonyl (C=O) groups excluding carboxylic acids is 1. The molecule has 0 fully saturated rings. The summed E-state index contributed by atoms with van der Waals surface area (Å²) >= 11 is 0. The van der Waals surface area contributed by atoms with Gasteiger partial charge in [-0.2, -0.15) is 43.9 Å². The number of carbonyl (C=O) groups is 1. The smallest absolute Gasteiger partial charge is 0.305 e. The van der Waals surface area contributed by atoms with Crippen molar-refractivity contribution in [3.63, 3.8) is 0 Å². The van der Waals surface area contributed by atoms with Crippen LogP contribution in [0.15, 0.2) is 24.3 Å². The molecule has 0 aliphatic heterocycles. The molecule has 4 nitrogen and oxygen atoms in total. The molecule has 1 amide bonds. The summed E-state index contributed by atoms with van der Waals surface area (Å²) < 4.78 is 141. The molecule has 0 radical (unpaired) electrons. The Hall–Kier alpha value is -1.82. The fourth-order valence-corrected chi connectivity index (χ4v) is 4.05. The van der Waals surface area contributed by atoms with Crippen LogP contribution in [0.25, 0.3) is 0 Å². The molecular weight excluding hydrogens is 413 g/mol. The summed E-state index contributed by atoms with van der Waals surface area (Å²) in [6.07, 6.45) is -14.0. The van der Waals surface area contributed by atoms with Crippen molar-refractivity contribution in [2.24, 2.45) is 5.84 Å². The Morgan fingerprint density at radius 3 is 1.42 bits per heavy atom. The van der Waals surface area contributed by atoms with Gasteiger partial charge in [0.1, 0.15) is 0 Å². The summed E-state index contributed by atoms with van der Waals surface area (Å²) in [6.45, 7) is 0. The zero-order chi connectivity index (χ0) is 20.8. The number of alkyl halides is 10. The molecule has 0 spiro atoms. The third-order valence-corrected chi connectivity index (χ3v) is 6.21. The van der Waals surface area contributed by atoms with Gasteiger partial charge in [0, 0.05) is 10.9 Å². The Morgan fingerprint density at radius 2 is 1.15 bits per heavy atom. The van der Waals surface area contributed by atoms with Crippen molar-refractivity contribution in [2.45, 2.75) is 23.7 Å². The second kappa shape index (κ2) is 6.41. The zero-order valence-electron chi connectivity index (χ0n) is 11.9. The minimum absolute atomic E-state index is 0.120. The van der Waals surface area contributed by atoms with Crippen LogP contribution in [-0.2, 0) is 4.57 Å². The van der Waals surface area contributed by atoms with Crippen LogP contribution in [0.1, 0.15) is 10.4 Å². The third-order valence-electron chi connectivity index (χ3n) is 3.10. The van der Waals surface area contributed by atoms with Crippen molar-refractivity contribution in [1.29, 1.82) is 0 Å².